The highest BCUT2D eigenvalue weighted by Crippen LogP contribution is 2.29. The molecule has 1 aromatic heterocycles. The van der Waals surface area contributed by atoms with E-state index in [1.54, 1.807) is 38.6 Å². The number of nitrogens with one attached hydrogen (secondary N) is 1. The van der Waals surface area contributed by atoms with Gasteiger partial charge in [-0.3, -0.25) is 9.36 Å². The number of hydrogen-bond donors (Lipinski definition) is 1. The van der Waals surface area contributed by atoms with Gasteiger partial charge in [0.25, 0.3) is 0 Å². The molecule has 1 N–H and O–H groups in total. The third-order valence-corrected chi connectivity index (χ3v) is 5.01. The first-order valence-electron chi connectivity index (χ1n) is 9.06. The van der Waals surface area contributed by atoms with Crippen LogP contribution in [-0.2, 0) is 4.79 Å². The van der Waals surface area contributed by atoms with E-state index in [1.165, 1.54) is 11.8 Å². The molecule has 29 heavy (non-hydrogen) atoms. The zero-order chi connectivity index (χ0) is 20.6. The van der Waals surface area contributed by atoms with E-state index in [9.17, 15) is 4.79 Å². The first-order chi connectivity index (χ1) is 14.1. The number of imidazole rings is 1. The molecule has 7 nitrogen and oxygen atoms in total. The molecule has 152 valence electrons. The van der Waals surface area contributed by atoms with Crippen LogP contribution in [0, 0.1) is 0 Å². The number of carbonyl (C=O) groups excluding carboxylic acids is 1. The van der Waals surface area contributed by atoms with E-state index < -0.39 is 0 Å². The number of ether oxygens (including phenoxy) is 3. The van der Waals surface area contributed by atoms with Crippen molar-refractivity contribution < 1.29 is 19.0 Å². The lowest BCUT2D eigenvalue weighted by molar-refractivity contribution is -0.113. The molecular weight excluding hydrogens is 390 g/mol. The van der Waals surface area contributed by atoms with Crippen molar-refractivity contribution in [3.8, 4) is 22.9 Å². The normalized spacial score (nSPS) is 10.4. The molecule has 2 aromatic carbocycles. The van der Waals surface area contributed by atoms with Crippen molar-refractivity contribution in [2.45, 2.75) is 12.1 Å². The molecule has 0 saturated heterocycles. The lowest BCUT2D eigenvalue weighted by Crippen LogP contribution is -2.15. The Morgan fingerprint density at radius 3 is 2.55 bits per heavy atom. The second kappa shape index (κ2) is 9.88. The maximum absolute atomic E-state index is 12.5. The molecule has 3 aromatic rings. The van der Waals surface area contributed by atoms with Crippen molar-refractivity contribution in [1.82, 2.24) is 9.55 Å². The fourth-order valence-corrected chi connectivity index (χ4v) is 3.46. The largest absolute Gasteiger partial charge is 0.497 e. The van der Waals surface area contributed by atoms with E-state index >= 15 is 0 Å². The molecular formula is C21H23N3O4S. The molecule has 1 heterocycles. The number of thioether (sulfide) groups is 1. The van der Waals surface area contributed by atoms with Crippen LogP contribution in [0.15, 0.2) is 60.0 Å². The number of hydrogen-bond acceptors (Lipinski definition) is 6. The van der Waals surface area contributed by atoms with E-state index in [2.05, 4.69) is 10.3 Å². The molecule has 0 aliphatic rings. The molecule has 1 amide bonds. The van der Waals surface area contributed by atoms with E-state index in [1.807, 2.05) is 42.0 Å². The smallest absolute Gasteiger partial charge is 0.234 e. The van der Waals surface area contributed by atoms with Gasteiger partial charge in [0.05, 0.1) is 32.3 Å². The molecule has 8 heteroatoms. The van der Waals surface area contributed by atoms with E-state index in [-0.39, 0.29) is 11.7 Å². The van der Waals surface area contributed by atoms with Crippen LogP contribution in [0.3, 0.4) is 0 Å². The number of rotatable bonds is 9. The lowest BCUT2D eigenvalue weighted by Gasteiger charge is -2.12. The molecule has 0 atom stereocenters. The average molecular weight is 413 g/mol. The Labute approximate surface area is 174 Å². The van der Waals surface area contributed by atoms with Gasteiger partial charge in [0.1, 0.15) is 17.2 Å². The number of carbonyl (C=O) groups is 1. The van der Waals surface area contributed by atoms with Crippen molar-refractivity contribution in [1.29, 1.82) is 0 Å². The van der Waals surface area contributed by atoms with Gasteiger partial charge in [-0.1, -0.05) is 11.8 Å². The van der Waals surface area contributed by atoms with Gasteiger partial charge in [-0.05, 0) is 43.3 Å². The monoisotopic (exact) mass is 413 g/mol. The minimum Gasteiger partial charge on any atom is -0.497 e. The van der Waals surface area contributed by atoms with Crippen LogP contribution in [0.5, 0.6) is 17.2 Å². The van der Waals surface area contributed by atoms with Crippen LogP contribution >= 0.6 is 11.8 Å². The van der Waals surface area contributed by atoms with Crippen molar-refractivity contribution in [3.05, 3.63) is 54.9 Å². The van der Waals surface area contributed by atoms with Crippen LogP contribution in [-0.4, -0.2) is 42.0 Å². The van der Waals surface area contributed by atoms with Gasteiger partial charge in [-0.15, -0.1) is 0 Å². The van der Waals surface area contributed by atoms with Crippen LogP contribution < -0.4 is 19.5 Å². The zero-order valence-corrected chi connectivity index (χ0v) is 17.4. The van der Waals surface area contributed by atoms with Gasteiger partial charge >= 0.3 is 0 Å². The Bertz CT molecular complexity index is 957. The Kier molecular flexibility index (Phi) is 7.02. The predicted molar refractivity (Wildman–Crippen MR) is 114 cm³/mol. The summed E-state index contributed by atoms with van der Waals surface area (Å²) in [7, 11) is 3.13. The maximum Gasteiger partial charge on any atom is 0.234 e. The van der Waals surface area contributed by atoms with Crippen LogP contribution in [0.1, 0.15) is 6.92 Å². The average Bonchev–Trinajstić information content (AvgIpc) is 3.21. The van der Waals surface area contributed by atoms with Gasteiger partial charge in [0.2, 0.25) is 5.91 Å². The van der Waals surface area contributed by atoms with Crippen molar-refractivity contribution in [2.24, 2.45) is 0 Å². The number of methoxy groups -OCH3 is 2. The number of amides is 1. The highest BCUT2D eigenvalue weighted by molar-refractivity contribution is 7.99. The number of aromatic nitrogens is 2. The molecule has 0 radical (unpaired) electrons. The first kappa shape index (κ1) is 20.6. The summed E-state index contributed by atoms with van der Waals surface area (Å²) in [4.78, 5) is 16.8. The van der Waals surface area contributed by atoms with Crippen LogP contribution in [0.25, 0.3) is 5.69 Å². The molecule has 0 unspecified atom stereocenters. The summed E-state index contributed by atoms with van der Waals surface area (Å²) < 4.78 is 17.9. The summed E-state index contributed by atoms with van der Waals surface area (Å²) in [6.45, 7) is 2.57. The summed E-state index contributed by atoms with van der Waals surface area (Å²) in [5.41, 5.74) is 1.51. The summed E-state index contributed by atoms with van der Waals surface area (Å²) >= 11 is 1.35. The van der Waals surface area contributed by atoms with Gasteiger partial charge in [-0.2, -0.15) is 0 Å². The zero-order valence-electron chi connectivity index (χ0n) is 16.5. The second-order valence-corrected chi connectivity index (χ2v) is 6.85. The molecule has 0 saturated carbocycles. The number of nitrogens with zero attached hydrogens (tertiary/aromatic N) is 2. The Morgan fingerprint density at radius 2 is 1.86 bits per heavy atom. The first-order valence-corrected chi connectivity index (χ1v) is 10.0. The van der Waals surface area contributed by atoms with Crippen molar-refractivity contribution in [3.63, 3.8) is 0 Å². The lowest BCUT2D eigenvalue weighted by atomic mass is 10.2. The molecule has 0 fully saturated rings. The number of anilines is 1. The summed E-state index contributed by atoms with van der Waals surface area (Å²) in [6, 6.07) is 13.0. The third kappa shape index (κ3) is 5.23. The minimum absolute atomic E-state index is 0.164. The van der Waals surface area contributed by atoms with E-state index in [4.69, 9.17) is 14.2 Å². The second-order valence-electron chi connectivity index (χ2n) is 5.91. The molecule has 0 bridgehead atoms. The Morgan fingerprint density at radius 1 is 1.10 bits per heavy atom. The Hall–Kier alpha value is -3.13. The van der Waals surface area contributed by atoms with Gasteiger partial charge in [0, 0.05) is 24.1 Å². The van der Waals surface area contributed by atoms with Gasteiger partial charge in [-0.25, -0.2) is 4.98 Å². The predicted octanol–water partition coefficient (Wildman–Crippen LogP) is 4.02. The van der Waals surface area contributed by atoms with Gasteiger partial charge < -0.3 is 19.5 Å². The Balaban J connectivity index is 1.65. The molecule has 0 spiro atoms. The van der Waals surface area contributed by atoms with Crippen LogP contribution in [0.2, 0.25) is 0 Å². The maximum atomic E-state index is 12.5. The van der Waals surface area contributed by atoms with E-state index in [0.717, 1.165) is 16.6 Å². The van der Waals surface area contributed by atoms with Gasteiger partial charge in [0.15, 0.2) is 5.16 Å². The fourth-order valence-electron chi connectivity index (χ4n) is 2.69. The fraction of sp³-hybridized carbons (Fsp3) is 0.238. The van der Waals surface area contributed by atoms with Crippen LogP contribution in [0.4, 0.5) is 5.69 Å². The summed E-state index contributed by atoms with van der Waals surface area (Å²) in [5, 5.41) is 3.59. The highest BCUT2D eigenvalue weighted by atomic mass is 32.2. The summed E-state index contributed by atoms with van der Waals surface area (Å²) in [5.74, 6) is 2.06. The minimum atomic E-state index is -0.164. The number of benzene rings is 2. The molecule has 0 aliphatic heterocycles. The quantitative estimate of drug-likeness (QED) is 0.534. The SMILES string of the molecule is CCOc1ccc(-n2ccnc2SCC(=O)Nc2cc(OC)ccc2OC)cc1. The topological polar surface area (TPSA) is 74.6 Å². The molecule has 0 aliphatic carbocycles. The summed E-state index contributed by atoms with van der Waals surface area (Å²) in [6.07, 6.45) is 3.57. The molecule has 3 rings (SSSR count). The standard InChI is InChI=1S/C21H23N3O4S/c1-4-28-16-7-5-15(6-8-16)24-12-11-22-21(24)29-14-20(25)23-18-13-17(26-2)9-10-19(18)27-3/h5-13H,4,14H2,1-3H3,(H,23,25). The van der Waals surface area contributed by atoms with Crippen molar-refractivity contribution >= 4 is 23.4 Å². The highest BCUT2D eigenvalue weighted by Gasteiger charge is 2.12. The van der Waals surface area contributed by atoms with E-state index in [0.29, 0.717) is 23.8 Å². The van der Waals surface area contributed by atoms with Crippen molar-refractivity contribution in [2.75, 3.05) is 31.9 Å². The third-order valence-electron chi connectivity index (χ3n) is 4.05.